The highest BCUT2D eigenvalue weighted by molar-refractivity contribution is 7.56. The van der Waals surface area contributed by atoms with E-state index >= 15 is 0 Å². The monoisotopic (exact) mass is 442 g/mol. The van der Waals surface area contributed by atoms with Crippen molar-refractivity contribution in [2.24, 2.45) is 0 Å². The third-order valence-electron chi connectivity index (χ3n) is 4.59. The summed E-state index contributed by atoms with van der Waals surface area (Å²) in [6.45, 7) is 4.04. The Kier molecular flexibility index (Phi) is 5.85. The first-order valence-electron chi connectivity index (χ1n) is 8.30. The second-order valence-corrected chi connectivity index (χ2v) is 9.39. The van der Waals surface area contributed by atoms with E-state index in [1.165, 1.54) is 11.3 Å². The minimum absolute atomic E-state index is 0.0438. The summed E-state index contributed by atoms with van der Waals surface area (Å²) in [6, 6.07) is 1.67. The number of alkyl halides is 6. The first-order valence-corrected chi connectivity index (χ1v) is 10.1. The van der Waals surface area contributed by atoms with Gasteiger partial charge in [0.05, 0.1) is 30.4 Å². The summed E-state index contributed by atoms with van der Waals surface area (Å²) in [5, 5.41) is 10.8. The van der Waals surface area contributed by atoms with Crippen LogP contribution in [0, 0.1) is 13.8 Å². The van der Waals surface area contributed by atoms with Crippen molar-refractivity contribution in [2.45, 2.75) is 38.2 Å². The van der Waals surface area contributed by atoms with Gasteiger partial charge in [0.15, 0.2) is 0 Å². The maximum absolute atomic E-state index is 13.1. The lowest BCUT2D eigenvalue weighted by atomic mass is 9.96. The number of aryl methyl sites for hydroxylation is 2. The highest BCUT2D eigenvalue weighted by Gasteiger charge is 2.37. The molecule has 2 aromatic rings. The van der Waals surface area contributed by atoms with Crippen LogP contribution in [0.15, 0.2) is 18.2 Å². The normalized spacial score (nSPS) is 21.2. The van der Waals surface area contributed by atoms with E-state index in [1.54, 1.807) is 6.92 Å². The maximum Gasteiger partial charge on any atom is 0.416 e. The summed E-state index contributed by atoms with van der Waals surface area (Å²) in [6.07, 6.45) is -10.5. The van der Waals surface area contributed by atoms with Crippen LogP contribution < -0.4 is 10.6 Å². The molecule has 1 aromatic carbocycles. The lowest BCUT2D eigenvalue weighted by molar-refractivity contribution is -0.142. The standard InChI is InChI=1S/C18H17F6O2PS/c1-8-15(13-6-26-7-14(13)25)16(9(2)28-8)27-12-4-10(17(19,20)21)3-11(5-12)18(22,23)24/h3-5,13-14,25,27H,6-7H2,1-2H3. The smallest absolute Gasteiger partial charge is 0.390 e. The van der Waals surface area contributed by atoms with Gasteiger partial charge >= 0.3 is 12.4 Å². The molecule has 1 fully saturated rings. The van der Waals surface area contributed by atoms with Gasteiger partial charge in [-0.3, -0.25) is 0 Å². The van der Waals surface area contributed by atoms with Gasteiger partial charge in [-0.25, -0.2) is 0 Å². The lowest BCUT2D eigenvalue weighted by Gasteiger charge is -2.18. The van der Waals surface area contributed by atoms with Crippen LogP contribution in [0.4, 0.5) is 26.3 Å². The average Bonchev–Trinajstić information content (AvgIpc) is 3.08. The molecule has 1 aliphatic rings. The van der Waals surface area contributed by atoms with Gasteiger partial charge < -0.3 is 9.84 Å². The van der Waals surface area contributed by atoms with Crippen LogP contribution >= 0.6 is 19.9 Å². The van der Waals surface area contributed by atoms with Crippen LogP contribution in [0.3, 0.4) is 0 Å². The zero-order valence-electron chi connectivity index (χ0n) is 14.8. The summed E-state index contributed by atoms with van der Waals surface area (Å²) >= 11 is 1.42. The molecule has 0 spiro atoms. The van der Waals surface area contributed by atoms with Crippen LogP contribution in [0.1, 0.15) is 32.4 Å². The van der Waals surface area contributed by atoms with E-state index in [1.807, 2.05) is 6.92 Å². The molecule has 0 amide bonds. The van der Waals surface area contributed by atoms with Gasteiger partial charge in [0.25, 0.3) is 0 Å². The van der Waals surface area contributed by atoms with E-state index in [4.69, 9.17) is 4.74 Å². The minimum Gasteiger partial charge on any atom is -0.390 e. The second-order valence-electron chi connectivity index (χ2n) is 6.63. The molecule has 0 saturated carbocycles. The van der Waals surface area contributed by atoms with E-state index in [-0.39, 0.29) is 30.5 Å². The number of hydrogen-bond donors (Lipinski definition) is 1. The van der Waals surface area contributed by atoms with E-state index in [2.05, 4.69) is 0 Å². The van der Waals surface area contributed by atoms with Crippen molar-refractivity contribution in [3.8, 4) is 0 Å². The number of hydrogen-bond acceptors (Lipinski definition) is 3. The molecule has 0 aliphatic carbocycles. The summed E-state index contributed by atoms with van der Waals surface area (Å²) < 4.78 is 84.0. The molecule has 2 nitrogen and oxygen atoms in total. The Balaban J connectivity index is 2.07. The summed E-state index contributed by atoms with van der Waals surface area (Å²) in [5.41, 5.74) is -1.86. The lowest BCUT2D eigenvalue weighted by Crippen LogP contribution is -2.22. The van der Waals surface area contributed by atoms with Crippen LogP contribution in [0.5, 0.6) is 0 Å². The van der Waals surface area contributed by atoms with E-state index in [9.17, 15) is 31.4 Å². The number of rotatable bonds is 3. The van der Waals surface area contributed by atoms with Crippen molar-refractivity contribution in [2.75, 3.05) is 13.2 Å². The fourth-order valence-corrected chi connectivity index (χ4v) is 6.15. The second kappa shape index (κ2) is 7.59. The first kappa shape index (κ1) is 21.6. The van der Waals surface area contributed by atoms with Gasteiger partial charge in [-0.2, -0.15) is 26.3 Å². The molecule has 3 atom stereocenters. The fraction of sp³-hybridized carbons (Fsp3) is 0.444. The minimum atomic E-state index is -4.88. The van der Waals surface area contributed by atoms with Crippen LogP contribution in [0.2, 0.25) is 0 Å². The van der Waals surface area contributed by atoms with Crippen molar-refractivity contribution < 1.29 is 36.2 Å². The number of aliphatic hydroxyl groups excluding tert-OH is 1. The highest BCUT2D eigenvalue weighted by atomic mass is 32.1. The van der Waals surface area contributed by atoms with Gasteiger partial charge in [-0.05, 0) is 48.2 Å². The van der Waals surface area contributed by atoms with Gasteiger partial charge in [-0.1, -0.05) is 8.58 Å². The molecular weight excluding hydrogens is 425 g/mol. The Morgan fingerprint density at radius 2 is 1.54 bits per heavy atom. The molecule has 0 bridgehead atoms. The molecule has 3 rings (SSSR count). The summed E-state index contributed by atoms with van der Waals surface area (Å²) in [4.78, 5) is 1.70. The molecule has 0 radical (unpaired) electrons. The Labute approximate surface area is 163 Å². The third kappa shape index (κ3) is 4.37. The molecular formula is C18H17F6O2PS. The number of benzene rings is 1. The fourth-order valence-electron chi connectivity index (χ4n) is 3.29. The maximum atomic E-state index is 13.1. The van der Waals surface area contributed by atoms with Crippen LogP contribution in [-0.2, 0) is 17.1 Å². The Morgan fingerprint density at radius 1 is 0.964 bits per heavy atom. The molecule has 2 heterocycles. The van der Waals surface area contributed by atoms with Gasteiger partial charge in [0.1, 0.15) is 0 Å². The third-order valence-corrected chi connectivity index (χ3v) is 7.27. The predicted molar refractivity (Wildman–Crippen MR) is 97.4 cm³/mol. The Bertz CT molecular complexity index is 842. The number of thiophene rings is 1. The number of ether oxygens (including phenoxy) is 1. The average molecular weight is 442 g/mol. The van der Waals surface area contributed by atoms with Gasteiger partial charge in [0.2, 0.25) is 0 Å². The van der Waals surface area contributed by atoms with Crippen molar-refractivity contribution in [3.63, 3.8) is 0 Å². The molecule has 10 heteroatoms. The predicted octanol–water partition coefficient (Wildman–Crippen LogP) is 4.51. The summed E-state index contributed by atoms with van der Waals surface area (Å²) in [5.74, 6) is -0.333. The van der Waals surface area contributed by atoms with E-state index < -0.39 is 38.2 Å². The van der Waals surface area contributed by atoms with Crippen molar-refractivity contribution in [1.82, 2.24) is 0 Å². The zero-order valence-corrected chi connectivity index (χ0v) is 16.6. The topological polar surface area (TPSA) is 29.5 Å². The Hall–Kier alpha value is -1.15. The van der Waals surface area contributed by atoms with Crippen molar-refractivity contribution >= 4 is 30.5 Å². The van der Waals surface area contributed by atoms with Gasteiger partial charge in [-0.15, -0.1) is 11.3 Å². The molecule has 3 unspecified atom stereocenters. The van der Waals surface area contributed by atoms with Gasteiger partial charge in [0, 0.05) is 15.7 Å². The molecule has 1 aliphatic heterocycles. The molecule has 1 N–H and O–H groups in total. The first-order chi connectivity index (χ1) is 12.9. The van der Waals surface area contributed by atoms with Crippen molar-refractivity contribution in [1.29, 1.82) is 0 Å². The van der Waals surface area contributed by atoms with Crippen molar-refractivity contribution in [3.05, 3.63) is 44.6 Å². The molecule has 154 valence electrons. The van der Waals surface area contributed by atoms with Crippen LogP contribution in [-0.4, -0.2) is 24.4 Å². The SMILES string of the molecule is Cc1sc(C)c(C2COCC2O)c1Pc1cc(C(F)(F)F)cc(C(F)(F)F)c1. The number of aliphatic hydroxyl groups is 1. The summed E-state index contributed by atoms with van der Waals surface area (Å²) in [7, 11) is -0.394. The van der Waals surface area contributed by atoms with Crippen LogP contribution in [0.25, 0.3) is 0 Å². The van der Waals surface area contributed by atoms with E-state index in [0.29, 0.717) is 5.30 Å². The molecule has 28 heavy (non-hydrogen) atoms. The van der Waals surface area contributed by atoms with E-state index in [0.717, 1.165) is 27.5 Å². The number of halogens is 6. The quantitative estimate of drug-likeness (QED) is 0.560. The molecule has 1 saturated heterocycles. The zero-order chi connectivity index (χ0) is 20.9. The Morgan fingerprint density at radius 3 is 2.00 bits per heavy atom. The highest BCUT2D eigenvalue weighted by Crippen LogP contribution is 2.38. The molecule has 1 aromatic heterocycles. The largest absolute Gasteiger partial charge is 0.416 e.